The van der Waals surface area contributed by atoms with Gasteiger partial charge in [-0.1, -0.05) is 0 Å². The van der Waals surface area contributed by atoms with Gasteiger partial charge in [-0.05, 0) is 6.07 Å². The summed E-state index contributed by atoms with van der Waals surface area (Å²) in [6.45, 7) is 0. The summed E-state index contributed by atoms with van der Waals surface area (Å²) in [5.41, 5.74) is -0.132. The number of hydrogen-bond acceptors (Lipinski definition) is 4. The maximum atomic E-state index is 12.3. The second kappa shape index (κ2) is 3.41. The Morgan fingerprint density at radius 3 is 2.62 bits per heavy atom. The summed E-state index contributed by atoms with van der Waals surface area (Å²) in [7, 11) is 0. The Hall–Kier alpha value is -1.70. The van der Waals surface area contributed by atoms with Crippen LogP contribution >= 0.6 is 11.3 Å². The Bertz CT molecular complexity index is 564. The van der Waals surface area contributed by atoms with Crippen molar-refractivity contribution < 1.29 is 18.1 Å². The van der Waals surface area contributed by atoms with Gasteiger partial charge in [0.2, 0.25) is 0 Å². The molecule has 0 fully saturated rings. The number of alkyl halides is 3. The molecular weight excluding hydrogens is 245 g/mol. The lowest BCUT2D eigenvalue weighted by atomic mass is 10.3. The van der Waals surface area contributed by atoms with Crippen LogP contribution in [0.25, 0.3) is 10.2 Å². The van der Waals surface area contributed by atoms with E-state index in [0.717, 1.165) is 12.1 Å². The van der Waals surface area contributed by atoms with Gasteiger partial charge in [0, 0.05) is 12.1 Å². The zero-order valence-electron chi connectivity index (χ0n) is 7.49. The smallest absolute Gasteiger partial charge is 0.258 e. The minimum atomic E-state index is -4.52. The summed E-state index contributed by atoms with van der Waals surface area (Å²) in [6, 6.07) is 3.42. The SMILES string of the molecule is O=[N+]([O-])c1ccc2nc(C(F)(F)F)sc2c1. The summed E-state index contributed by atoms with van der Waals surface area (Å²) in [5, 5.41) is 9.42. The lowest BCUT2D eigenvalue weighted by Crippen LogP contribution is -2.03. The van der Waals surface area contributed by atoms with Gasteiger partial charge in [-0.3, -0.25) is 10.1 Å². The van der Waals surface area contributed by atoms with E-state index in [0.29, 0.717) is 11.3 Å². The van der Waals surface area contributed by atoms with Gasteiger partial charge in [0.25, 0.3) is 5.69 Å². The molecule has 0 saturated carbocycles. The third-order valence-electron chi connectivity index (χ3n) is 1.83. The highest BCUT2D eigenvalue weighted by molar-refractivity contribution is 7.18. The Morgan fingerprint density at radius 2 is 2.06 bits per heavy atom. The highest BCUT2D eigenvalue weighted by Gasteiger charge is 2.35. The van der Waals surface area contributed by atoms with Gasteiger partial charge in [-0.25, -0.2) is 4.98 Å². The van der Waals surface area contributed by atoms with Crippen LogP contribution in [-0.4, -0.2) is 9.91 Å². The number of halogens is 3. The lowest BCUT2D eigenvalue weighted by molar-refractivity contribution is -0.384. The van der Waals surface area contributed by atoms with Crippen molar-refractivity contribution in [2.75, 3.05) is 0 Å². The first kappa shape index (κ1) is 10.8. The molecule has 1 aromatic carbocycles. The first-order valence-electron chi connectivity index (χ1n) is 4.00. The van der Waals surface area contributed by atoms with E-state index in [1.165, 1.54) is 6.07 Å². The molecule has 8 heteroatoms. The summed E-state index contributed by atoms with van der Waals surface area (Å²) >= 11 is 0.395. The zero-order valence-corrected chi connectivity index (χ0v) is 8.30. The number of rotatable bonds is 1. The number of hydrogen-bond donors (Lipinski definition) is 0. The van der Waals surface area contributed by atoms with E-state index in [1.54, 1.807) is 0 Å². The first-order chi connectivity index (χ1) is 7.38. The average Bonchev–Trinajstić information content (AvgIpc) is 2.58. The molecule has 1 aromatic heterocycles. The van der Waals surface area contributed by atoms with Crippen LogP contribution in [0.2, 0.25) is 0 Å². The van der Waals surface area contributed by atoms with E-state index >= 15 is 0 Å². The van der Waals surface area contributed by atoms with Gasteiger partial charge in [0.15, 0.2) is 5.01 Å². The van der Waals surface area contributed by atoms with E-state index in [4.69, 9.17) is 0 Å². The molecule has 1 heterocycles. The van der Waals surface area contributed by atoms with Crippen molar-refractivity contribution in [2.24, 2.45) is 0 Å². The van der Waals surface area contributed by atoms with E-state index in [2.05, 4.69) is 4.98 Å². The second-order valence-electron chi connectivity index (χ2n) is 2.93. The van der Waals surface area contributed by atoms with E-state index in [1.807, 2.05) is 0 Å². The van der Waals surface area contributed by atoms with E-state index < -0.39 is 16.1 Å². The van der Waals surface area contributed by atoms with Gasteiger partial charge >= 0.3 is 6.18 Å². The zero-order chi connectivity index (χ0) is 11.9. The molecule has 0 aliphatic heterocycles. The van der Waals surface area contributed by atoms with Crippen molar-refractivity contribution in [2.45, 2.75) is 6.18 Å². The molecule has 0 N–H and O–H groups in total. The average molecular weight is 248 g/mol. The lowest BCUT2D eigenvalue weighted by Gasteiger charge is -1.98. The molecule has 0 aliphatic rings. The highest BCUT2D eigenvalue weighted by Crippen LogP contribution is 2.36. The number of non-ortho nitro benzene ring substituents is 1. The number of nitro groups is 1. The Morgan fingerprint density at radius 1 is 1.38 bits per heavy atom. The molecule has 4 nitrogen and oxygen atoms in total. The molecule has 2 aromatic rings. The monoisotopic (exact) mass is 248 g/mol. The molecule has 0 unspecified atom stereocenters. The van der Waals surface area contributed by atoms with Crippen molar-refractivity contribution in [1.82, 2.24) is 4.98 Å². The fourth-order valence-corrected chi connectivity index (χ4v) is 2.01. The third-order valence-corrected chi connectivity index (χ3v) is 2.89. The number of fused-ring (bicyclic) bond motifs is 1. The number of aromatic nitrogens is 1. The molecule has 0 radical (unpaired) electrons. The van der Waals surface area contributed by atoms with Crippen LogP contribution in [0.5, 0.6) is 0 Å². The number of nitrogens with zero attached hydrogens (tertiary/aromatic N) is 2. The van der Waals surface area contributed by atoms with Crippen molar-refractivity contribution in [3.63, 3.8) is 0 Å². The maximum absolute atomic E-state index is 12.3. The van der Waals surface area contributed by atoms with E-state index in [9.17, 15) is 23.3 Å². The molecule has 0 amide bonds. The number of nitro benzene ring substituents is 1. The maximum Gasteiger partial charge on any atom is 0.443 e. The fourth-order valence-electron chi connectivity index (χ4n) is 1.15. The molecule has 0 spiro atoms. The van der Waals surface area contributed by atoms with Crippen LogP contribution in [0, 0.1) is 10.1 Å². The Balaban J connectivity index is 2.59. The molecule has 16 heavy (non-hydrogen) atoms. The van der Waals surface area contributed by atoms with Gasteiger partial charge in [0.05, 0.1) is 15.1 Å². The van der Waals surface area contributed by atoms with Crippen LogP contribution in [0.1, 0.15) is 5.01 Å². The predicted molar refractivity (Wildman–Crippen MR) is 51.3 cm³/mol. The summed E-state index contributed by atoms with van der Waals surface area (Å²) in [6.07, 6.45) is -4.52. The largest absolute Gasteiger partial charge is 0.443 e. The van der Waals surface area contributed by atoms with Crippen LogP contribution in [0.15, 0.2) is 18.2 Å². The molecule has 0 atom stereocenters. The third kappa shape index (κ3) is 1.83. The van der Waals surface area contributed by atoms with Gasteiger partial charge in [-0.2, -0.15) is 13.2 Å². The molecular formula is C8H3F3N2O2S. The molecule has 0 bridgehead atoms. The van der Waals surface area contributed by atoms with Crippen LogP contribution in [-0.2, 0) is 6.18 Å². The quantitative estimate of drug-likeness (QED) is 0.575. The predicted octanol–water partition coefficient (Wildman–Crippen LogP) is 3.22. The number of benzene rings is 1. The molecule has 0 saturated heterocycles. The van der Waals surface area contributed by atoms with Crippen LogP contribution in [0.3, 0.4) is 0 Å². The van der Waals surface area contributed by atoms with Crippen molar-refractivity contribution in [3.05, 3.63) is 33.3 Å². The van der Waals surface area contributed by atoms with Crippen molar-refractivity contribution >= 4 is 27.2 Å². The van der Waals surface area contributed by atoms with Gasteiger partial charge in [0.1, 0.15) is 0 Å². The summed E-state index contributed by atoms with van der Waals surface area (Å²) in [5.74, 6) is 0. The van der Waals surface area contributed by atoms with Crippen molar-refractivity contribution in [1.29, 1.82) is 0 Å². The topological polar surface area (TPSA) is 56.0 Å². The van der Waals surface area contributed by atoms with Crippen LogP contribution in [0.4, 0.5) is 18.9 Å². The minimum Gasteiger partial charge on any atom is -0.258 e. The number of thiazole rings is 1. The normalized spacial score (nSPS) is 11.9. The Labute approximate surface area is 90.5 Å². The van der Waals surface area contributed by atoms with E-state index in [-0.39, 0.29) is 15.9 Å². The van der Waals surface area contributed by atoms with Crippen LogP contribution < -0.4 is 0 Å². The van der Waals surface area contributed by atoms with Crippen molar-refractivity contribution in [3.8, 4) is 0 Å². The van der Waals surface area contributed by atoms with Gasteiger partial charge < -0.3 is 0 Å². The first-order valence-corrected chi connectivity index (χ1v) is 4.82. The highest BCUT2D eigenvalue weighted by atomic mass is 32.1. The van der Waals surface area contributed by atoms with Gasteiger partial charge in [-0.15, -0.1) is 11.3 Å². The standard InChI is InChI=1S/C8H3F3N2O2S/c9-8(10,11)7-12-5-2-1-4(13(14)15)3-6(5)16-7/h1-3H. The molecule has 2 rings (SSSR count). The minimum absolute atomic E-state index is 0.114. The summed E-state index contributed by atoms with van der Waals surface area (Å²) < 4.78 is 37.1. The second-order valence-corrected chi connectivity index (χ2v) is 3.96. The summed E-state index contributed by atoms with van der Waals surface area (Å²) in [4.78, 5) is 13.1. The fraction of sp³-hybridized carbons (Fsp3) is 0.125. The molecule has 0 aliphatic carbocycles. The Kier molecular flexibility index (Phi) is 2.30. The molecule has 84 valence electrons.